The number of methoxy groups -OCH3 is 1. The smallest absolute Gasteiger partial charge is 0.384 e. The second-order valence-electron chi connectivity index (χ2n) is 9.00. The van der Waals surface area contributed by atoms with Gasteiger partial charge in [-0.2, -0.15) is 0 Å². The molecule has 0 bridgehead atoms. The molecule has 5 rings (SSSR count). The largest absolute Gasteiger partial charge is 0.439 e. The predicted molar refractivity (Wildman–Crippen MR) is 129 cm³/mol. The molecule has 0 saturated heterocycles. The molecule has 0 amide bonds. The molecule has 9 nitrogen and oxygen atoms in total. The Morgan fingerprint density at radius 2 is 2.06 bits per heavy atom. The van der Waals surface area contributed by atoms with Gasteiger partial charge in [-0.3, -0.25) is 14.5 Å². The Bertz CT molecular complexity index is 1350. The molecule has 1 saturated carbocycles. The lowest BCUT2D eigenvalue weighted by atomic mass is 9.89. The van der Waals surface area contributed by atoms with Gasteiger partial charge in [0.1, 0.15) is 11.5 Å². The van der Waals surface area contributed by atoms with E-state index in [1.807, 2.05) is 12.1 Å². The highest BCUT2D eigenvalue weighted by Gasteiger charge is 2.25. The summed E-state index contributed by atoms with van der Waals surface area (Å²) >= 11 is 6.29. The van der Waals surface area contributed by atoms with E-state index in [2.05, 4.69) is 26.6 Å². The lowest BCUT2D eigenvalue weighted by molar-refractivity contribution is 0.179. The number of H-pyrrole nitrogens is 1. The van der Waals surface area contributed by atoms with Crippen molar-refractivity contribution < 1.29 is 9.26 Å². The zero-order chi connectivity index (χ0) is 23.7. The van der Waals surface area contributed by atoms with Gasteiger partial charge in [-0.25, -0.2) is 14.8 Å². The van der Waals surface area contributed by atoms with Crippen LogP contribution in [0.1, 0.15) is 50.8 Å². The maximum absolute atomic E-state index is 11.6. The van der Waals surface area contributed by atoms with Crippen LogP contribution in [0, 0.1) is 5.92 Å². The molecule has 34 heavy (non-hydrogen) atoms. The van der Waals surface area contributed by atoms with E-state index in [4.69, 9.17) is 30.8 Å². The van der Waals surface area contributed by atoms with Crippen molar-refractivity contribution in [2.75, 3.05) is 13.7 Å². The summed E-state index contributed by atoms with van der Waals surface area (Å²) in [6, 6.07) is 3.67. The number of nitrogens with one attached hydrogen (secondary N) is 1. The average Bonchev–Trinajstić information content (AvgIpc) is 3.43. The van der Waals surface area contributed by atoms with Gasteiger partial charge >= 0.3 is 5.76 Å². The molecule has 4 aromatic heterocycles. The molecule has 0 aromatic carbocycles. The summed E-state index contributed by atoms with van der Waals surface area (Å²) in [5, 5.41) is 4.34. The molecule has 10 heteroatoms. The van der Waals surface area contributed by atoms with Crippen molar-refractivity contribution in [3.8, 4) is 22.8 Å². The first kappa shape index (κ1) is 22.7. The highest BCUT2D eigenvalue weighted by Crippen LogP contribution is 2.35. The molecule has 178 valence electrons. The second kappa shape index (κ2) is 9.68. The van der Waals surface area contributed by atoms with Gasteiger partial charge in [-0.15, -0.1) is 0 Å². The van der Waals surface area contributed by atoms with Gasteiger partial charge in [-0.05, 0) is 30.9 Å². The SMILES string of the molecule is COCC(C)c1nc2cc(-c3noc(=O)[nH]3)nc(-c3cncc(Cl)c3)c2n1CC1CCCCC1. The Labute approximate surface area is 201 Å². The summed E-state index contributed by atoms with van der Waals surface area (Å²) in [4.78, 5) is 28.4. The third-order valence-electron chi connectivity index (χ3n) is 6.44. The van der Waals surface area contributed by atoms with Crippen molar-refractivity contribution in [1.29, 1.82) is 0 Å². The number of ether oxygens (including phenoxy) is 1. The number of imidazole rings is 1. The monoisotopic (exact) mass is 482 g/mol. The molecule has 0 aliphatic heterocycles. The Morgan fingerprint density at radius 1 is 1.24 bits per heavy atom. The molecule has 1 fully saturated rings. The molecule has 1 N–H and O–H groups in total. The van der Waals surface area contributed by atoms with Gasteiger partial charge < -0.3 is 9.30 Å². The van der Waals surface area contributed by atoms with E-state index in [0.29, 0.717) is 28.9 Å². The molecule has 1 atom stereocenters. The fourth-order valence-electron chi connectivity index (χ4n) is 4.89. The summed E-state index contributed by atoms with van der Waals surface area (Å²) in [6.07, 6.45) is 9.55. The predicted octanol–water partition coefficient (Wildman–Crippen LogP) is 4.82. The maximum atomic E-state index is 11.6. The van der Waals surface area contributed by atoms with Gasteiger partial charge in [0.2, 0.25) is 5.82 Å². The van der Waals surface area contributed by atoms with Crippen molar-refractivity contribution in [2.45, 2.75) is 51.5 Å². The molecule has 4 aromatic rings. The quantitative estimate of drug-likeness (QED) is 0.401. The van der Waals surface area contributed by atoms with E-state index < -0.39 is 5.76 Å². The summed E-state index contributed by atoms with van der Waals surface area (Å²) in [7, 11) is 1.70. The number of aromatic nitrogens is 6. The van der Waals surface area contributed by atoms with Crippen LogP contribution in [0.2, 0.25) is 5.02 Å². The van der Waals surface area contributed by atoms with Crippen molar-refractivity contribution in [3.63, 3.8) is 0 Å². The Balaban J connectivity index is 1.76. The first-order valence-electron chi connectivity index (χ1n) is 11.6. The van der Waals surface area contributed by atoms with Crippen LogP contribution in [0.4, 0.5) is 0 Å². The molecule has 1 aliphatic rings. The van der Waals surface area contributed by atoms with Crippen molar-refractivity contribution in [3.05, 3.63) is 45.9 Å². The molecule has 4 heterocycles. The third-order valence-corrected chi connectivity index (χ3v) is 6.64. The van der Waals surface area contributed by atoms with Gasteiger partial charge in [0.05, 0.1) is 28.4 Å². The van der Waals surface area contributed by atoms with Crippen LogP contribution >= 0.6 is 11.6 Å². The number of fused-ring (bicyclic) bond motifs is 1. The van der Waals surface area contributed by atoms with Crippen molar-refractivity contribution >= 4 is 22.6 Å². The average molecular weight is 483 g/mol. The number of hydrogen-bond acceptors (Lipinski definition) is 7. The minimum Gasteiger partial charge on any atom is -0.384 e. The third kappa shape index (κ3) is 4.50. The van der Waals surface area contributed by atoms with Crippen LogP contribution in [-0.2, 0) is 11.3 Å². The van der Waals surface area contributed by atoms with E-state index in [9.17, 15) is 4.79 Å². The van der Waals surface area contributed by atoms with Crippen LogP contribution in [-0.4, -0.2) is 43.4 Å². The van der Waals surface area contributed by atoms with Crippen LogP contribution in [0.5, 0.6) is 0 Å². The second-order valence-corrected chi connectivity index (χ2v) is 9.44. The molecule has 1 unspecified atom stereocenters. The molecular formula is C24H27ClN6O3. The van der Waals surface area contributed by atoms with E-state index in [1.54, 1.807) is 19.5 Å². The van der Waals surface area contributed by atoms with E-state index in [-0.39, 0.29) is 11.7 Å². The fraction of sp³-hybridized carbons (Fsp3) is 0.458. The summed E-state index contributed by atoms with van der Waals surface area (Å²) in [6.45, 7) is 3.54. The summed E-state index contributed by atoms with van der Waals surface area (Å²) < 4.78 is 12.5. The highest BCUT2D eigenvalue weighted by atomic mass is 35.5. The van der Waals surface area contributed by atoms with Crippen LogP contribution in [0.15, 0.2) is 33.8 Å². The molecule has 1 aliphatic carbocycles. The maximum Gasteiger partial charge on any atom is 0.439 e. The summed E-state index contributed by atoms with van der Waals surface area (Å²) in [5.41, 5.74) is 3.59. The van der Waals surface area contributed by atoms with E-state index >= 15 is 0 Å². The normalized spacial score (nSPS) is 15.7. The number of hydrogen-bond donors (Lipinski definition) is 1. The topological polar surface area (TPSA) is 112 Å². The van der Waals surface area contributed by atoms with Gasteiger partial charge in [-0.1, -0.05) is 42.9 Å². The van der Waals surface area contributed by atoms with Gasteiger partial charge in [0, 0.05) is 37.5 Å². The van der Waals surface area contributed by atoms with Crippen molar-refractivity contribution in [1.82, 2.24) is 29.7 Å². The number of halogens is 1. The minimum atomic E-state index is -0.639. The van der Waals surface area contributed by atoms with Crippen LogP contribution in [0.25, 0.3) is 33.8 Å². The lowest BCUT2D eigenvalue weighted by Gasteiger charge is -2.24. The van der Waals surface area contributed by atoms with Gasteiger partial charge in [0.15, 0.2) is 0 Å². The number of nitrogens with zero attached hydrogens (tertiary/aromatic N) is 5. The molecule has 0 radical (unpaired) electrons. The van der Waals surface area contributed by atoms with Gasteiger partial charge in [0.25, 0.3) is 0 Å². The fourth-order valence-corrected chi connectivity index (χ4v) is 5.07. The number of aromatic amines is 1. The zero-order valence-corrected chi connectivity index (χ0v) is 20.0. The van der Waals surface area contributed by atoms with Crippen LogP contribution in [0.3, 0.4) is 0 Å². The first-order chi connectivity index (χ1) is 16.5. The Kier molecular flexibility index (Phi) is 6.47. The zero-order valence-electron chi connectivity index (χ0n) is 19.3. The molecular weight excluding hydrogens is 456 g/mol. The lowest BCUT2D eigenvalue weighted by Crippen LogP contribution is -2.18. The number of rotatable bonds is 7. The Hall–Kier alpha value is -3.04. The standard InChI is InChI=1S/C24H27ClN6O3/c1-14(13-33-2)23-28-18-9-19(22-29-24(32)34-30-22)27-20(16-8-17(25)11-26-10-16)21(18)31(23)12-15-6-4-3-5-7-15/h8-11,14-15H,3-7,12-13H2,1-2H3,(H,29,30,32). The van der Waals surface area contributed by atoms with E-state index in [0.717, 1.165) is 29.0 Å². The van der Waals surface area contributed by atoms with E-state index in [1.165, 1.54) is 32.1 Å². The first-order valence-corrected chi connectivity index (χ1v) is 12.0. The Morgan fingerprint density at radius 3 is 2.76 bits per heavy atom. The summed E-state index contributed by atoms with van der Waals surface area (Å²) in [5.74, 6) is 1.22. The highest BCUT2D eigenvalue weighted by molar-refractivity contribution is 6.30. The molecule has 0 spiro atoms. The van der Waals surface area contributed by atoms with Crippen LogP contribution < -0.4 is 5.76 Å². The minimum absolute atomic E-state index is 0.0848. The number of pyridine rings is 2. The van der Waals surface area contributed by atoms with Crippen molar-refractivity contribution in [2.24, 2.45) is 5.92 Å².